The number of halogens is 3. The first-order valence-corrected chi connectivity index (χ1v) is 8.17. The van der Waals surface area contributed by atoms with E-state index in [-0.39, 0.29) is 5.82 Å². The molecule has 2 rings (SSSR count). The molecule has 0 heterocycles. The zero-order chi connectivity index (χ0) is 15.4. The van der Waals surface area contributed by atoms with Gasteiger partial charge in [-0.3, -0.25) is 0 Å². The van der Waals surface area contributed by atoms with Crippen molar-refractivity contribution in [1.82, 2.24) is 5.32 Å². The van der Waals surface area contributed by atoms with Crippen molar-refractivity contribution in [2.24, 2.45) is 0 Å². The van der Waals surface area contributed by atoms with Gasteiger partial charge in [-0.25, -0.2) is 4.39 Å². The lowest BCUT2D eigenvalue weighted by Gasteiger charge is -2.13. The molecule has 21 heavy (non-hydrogen) atoms. The monoisotopic (exact) mass is 343 g/mol. The van der Waals surface area contributed by atoms with E-state index in [0.29, 0.717) is 22.6 Å². The molecule has 0 aromatic heterocycles. The van der Waals surface area contributed by atoms with Gasteiger partial charge in [-0.1, -0.05) is 48.8 Å². The van der Waals surface area contributed by atoms with Crippen LogP contribution in [-0.2, 0) is 6.54 Å². The second kappa shape index (κ2) is 7.50. The third-order valence-electron chi connectivity index (χ3n) is 2.84. The Hall–Kier alpha value is -0.740. The molecule has 0 bridgehead atoms. The molecule has 0 unspecified atom stereocenters. The smallest absolute Gasteiger partial charge is 0.123 e. The Morgan fingerprint density at radius 3 is 2.52 bits per heavy atom. The van der Waals surface area contributed by atoms with Crippen molar-refractivity contribution in [3.8, 4) is 0 Å². The Morgan fingerprint density at radius 1 is 1.10 bits per heavy atom. The Morgan fingerprint density at radius 2 is 1.86 bits per heavy atom. The van der Waals surface area contributed by atoms with Gasteiger partial charge in [0, 0.05) is 22.4 Å². The van der Waals surface area contributed by atoms with Crippen LogP contribution in [0, 0.1) is 5.82 Å². The highest BCUT2D eigenvalue weighted by Crippen LogP contribution is 2.34. The highest BCUT2D eigenvalue weighted by molar-refractivity contribution is 7.99. The predicted octanol–water partition coefficient (Wildman–Crippen LogP) is 5.78. The minimum absolute atomic E-state index is 0.228. The maximum Gasteiger partial charge on any atom is 0.123 e. The summed E-state index contributed by atoms with van der Waals surface area (Å²) in [6, 6.07) is 10.7. The summed E-state index contributed by atoms with van der Waals surface area (Å²) in [5.74, 6) is -0.228. The van der Waals surface area contributed by atoms with E-state index < -0.39 is 0 Å². The average molecular weight is 344 g/mol. The summed E-state index contributed by atoms with van der Waals surface area (Å²) in [6.45, 7) is 4.75. The number of rotatable bonds is 5. The van der Waals surface area contributed by atoms with Crippen LogP contribution in [0.5, 0.6) is 0 Å². The second-order valence-electron chi connectivity index (χ2n) is 4.97. The molecule has 0 fully saturated rings. The molecule has 0 saturated heterocycles. The third-order valence-corrected chi connectivity index (χ3v) is 4.69. The van der Waals surface area contributed by atoms with Gasteiger partial charge in [0.15, 0.2) is 0 Å². The minimum Gasteiger partial charge on any atom is -0.310 e. The summed E-state index contributed by atoms with van der Waals surface area (Å²) in [4.78, 5) is 1.98. The van der Waals surface area contributed by atoms with Crippen molar-refractivity contribution >= 4 is 35.0 Å². The molecule has 0 aliphatic heterocycles. The zero-order valence-corrected chi connectivity index (χ0v) is 14.1. The van der Waals surface area contributed by atoms with Crippen LogP contribution in [0.3, 0.4) is 0 Å². The summed E-state index contributed by atoms with van der Waals surface area (Å²) in [5.41, 5.74) is 0.930. The Bertz CT molecular complexity index is 632. The molecular weight excluding hydrogens is 328 g/mol. The molecule has 112 valence electrons. The molecule has 0 aliphatic carbocycles. The fourth-order valence-electron chi connectivity index (χ4n) is 1.77. The van der Waals surface area contributed by atoms with Gasteiger partial charge in [-0.05, 0) is 42.0 Å². The van der Waals surface area contributed by atoms with Crippen LogP contribution in [-0.4, -0.2) is 6.04 Å². The fraction of sp³-hybridized carbons (Fsp3) is 0.250. The molecule has 2 aromatic carbocycles. The van der Waals surface area contributed by atoms with E-state index in [0.717, 1.165) is 15.4 Å². The molecule has 0 amide bonds. The van der Waals surface area contributed by atoms with Crippen LogP contribution < -0.4 is 5.32 Å². The maximum absolute atomic E-state index is 13.5. The molecule has 0 atom stereocenters. The van der Waals surface area contributed by atoms with Crippen molar-refractivity contribution in [3.05, 3.63) is 57.8 Å². The lowest BCUT2D eigenvalue weighted by molar-refractivity contribution is 0.576. The van der Waals surface area contributed by atoms with Crippen LogP contribution in [0.4, 0.5) is 4.39 Å². The van der Waals surface area contributed by atoms with Gasteiger partial charge in [0.1, 0.15) is 5.82 Å². The normalized spacial score (nSPS) is 11.1. The highest BCUT2D eigenvalue weighted by atomic mass is 35.5. The molecule has 1 nitrogen and oxygen atoms in total. The lowest BCUT2D eigenvalue weighted by atomic mass is 10.2. The minimum atomic E-state index is -0.228. The van der Waals surface area contributed by atoms with Crippen molar-refractivity contribution in [1.29, 1.82) is 0 Å². The van der Waals surface area contributed by atoms with Crippen LogP contribution in [0.25, 0.3) is 0 Å². The summed E-state index contributed by atoms with van der Waals surface area (Å²) >= 11 is 13.5. The van der Waals surface area contributed by atoms with Gasteiger partial charge < -0.3 is 5.32 Å². The number of hydrogen-bond acceptors (Lipinski definition) is 2. The van der Waals surface area contributed by atoms with E-state index >= 15 is 0 Å². The van der Waals surface area contributed by atoms with Gasteiger partial charge in [0.25, 0.3) is 0 Å². The van der Waals surface area contributed by atoms with Crippen LogP contribution in [0.15, 0.2) is 46.2 Å². The largest absolute Gasteiger partial charge is 0.310 e. The van der Waals surface area contributed by atoms with E-state index in [1.54, 1.807) is 30.0 Å². The summed E-state index contributed by atoms with van der Waals surface area (Å²) in [6.07, 6.45) is 0. The molecule has 0 aliphatic rings. The first kappa shape index (κ1) is 16.6. The van der Waals surface area contributed by atoms with Crippen molar-refractivity contribution in [2.45, 2.75) is 36.2 Å². The van der Waals surface area contributed by atoms with Gasteiger partial charge >= 0.3 is 0 Å². The molecule has 1 N–H and O–H groups in total. The van der Waals surface area contributed by atoms with E-state index in [4.69, 9.17) is 23.2 Å². The molecule has 0 saturated carbocycles. The van der Waals surface area contributed by atoms with Crippen molar-refractivity contribution < 1.29 is 4.39 Å². The molecular formula is C16H16Cl2FNS. The Balaban J connectivity index is 2.23. The first-order chi connectivity index (χ1) is 9.95. The quantitative estimate of drug-likeness (QED) is 0.738. The summed E-state index contributed by atoms with van der Waals surface area (Å²) in [7, 11) is 0. The van der Waals surface area contributed by atoms with Crippen LogP contribution in [0.1, 0.15) is 19.4 Å². The van der Waals surface area contributed by atoms with Crippen LogP contribution >= 0.6 is 35.0 Å². The number of hydrogen-bond donors (Lipinski definition) is 1. The predicted molar refractivity (Wildman–Crippen MR) is 89.0 cm³/mol. The van der Waals surface area contributed by atoms with Gasteiger partial charge in [-0.2, -0.15) is 0 Å². The standard InChI is InChI=1S/C16H16Cl2FNS/c1-10(2)20-9-11-7-12(19)3-6-16(11)21-13-4-5-14(17)15(18)8-13/h3-8,10,20H,9H2,1-2H3. The van der Waals surface area contributed by atoms with E-state index in [9.17, 15) is 4.39 Å². The van der Waals surface area contributed by atoms with E-state index in [1.165, 1.54) is 6.07 Å². The highest BCUT2D eigenvalue weighted by Gasteiger charge is 2.08. The zero-order valence-electron chi connectivity index (χ0n) is 11.8. The van der Waals surface area contributed by atoms with Crippen LogP contribution in [0.2, 0.25) is 10.0 Å². The average Bonchev–Trinajstić information content (AvgIpc) is 2.43. The van der Waals surface area contributed by atoms with Gasteiger partial charge in [0.05, 0.1) is 10.0 Å². The summed E-state index contributed by atoms with van der Waals surface area (Å²) in [5, 5.41) is 4.36. The number of benzene rings is 2. The second-order valence-corrected chi connectivity index (χ2v) is 6.90. The lowest BCUT2D eigenvalue weighted by Crippen LogP contribution is -2.22. The Labute approximate surface area is 138 Å². The van der Waals surface area contributed by atoms with Gasteiger partial charge in [0.2, 0.25) is 0 Å². The van der Waals surface area contributed by atoms with Crippen molar-refractivity contribution in [2.75, 3.05) is 0 Å². The molecule has 2 aromatic rings. The van der Waals surface area contributed by atoms with E-state index in [2.05, 4.69) is 19.2 Å². The summed E-state index contributed by atoms with van der Waals surface area (Å²) < 4.78 is 13.5. The number of nitrogens with one attached hydrogen (secondary N) is 1. The van der Waals surface area contributed by atoms with E-state index in [1.807, 2.05) is 12.1 Å². The SMILES string of the molecule is CC(C)NCc1cc(F)ccc1Sc1ccc(Cl)c(Cl)c1. The first-order valence-electron chi connectivity index (χ1n) is 6.60. The Kier molecular flexibility index (Phi) is 5.94. The fourth-order valence-corrected chi connectivity index (χ4v) is 3.09. The topological polar surface area (TPSA) is 12.0 Å². The van der Waals surface area contributed by atoms with Crippen molar-refractivity contribution in [3.63, 3.8) is 0 Å². The maximum atomic E-state index is 13.5. The molecule has 5 heteroatoms. The molecule has 0 radical (unpaired) electrons. The molecule has 0 spiro atoms. The van der Waals surface area contributed by atoms with Gasteiger partial charge in [-0.15, -0.1) is 0 Å². The third kappa shape index (κ3) is 4.89.